The second-order valence-electron chi connectivity index (χ2n) is 8.43. The van der Waals surface area contributed by atoms with E-state index in [0.717, 1.165) is 18.2 Å². The van der Waals surface area contributed by atoms with Crippen LogP contribution in [0.25, 0.3) is 0 Å². The molecule has 4 heteroatoms. The lowest BCUT2D eigenvalue weighted by Crippen LogP contribution is -2.59. The van der Waals surface area contributed by atoms with Crippen molar-refractivity contribution in [2.45, 2.75) is 63.0 Å². The number of piperidine rings is 3. The van der Waals surface area contributed by atoms with Crippen LogP contribution in [0.15, 0.2) is 18.5 Å². The first-order valence-electron chi connectivity index (χ1n) is 9.92. The van der Waals surface area contributed by atoms with Gasteiger partial charge in [-0.1, -0.05) is 0 Å². The molecule has 0 amide bonds. The molecule has 1 aromatic heterocycles. The Morgan fingerprint density at radius 2 is 1.88 bits per heavy atom. The van der Waals surface area contributed by atoms with Crippen LogP contribution in [0.3, 0.4) is 0 Å². The number of rotatable bonds is 3. The average molecular weight is 327 g/mol. The fourth-order valence-corrected chi connectivity index (χ4v) is 5.62. The summed E-state index contributed by atoms with van der Waals surface area (Å²) < 4.78 is 6.16. The molecule has 2 bridgehead atoms. The highest BCUT2D eigenvalue weighted by atomic mass is 16.5. The minimum atomic E-state index is 0.409. The molecule has 1 spiro atoms. The number of pyridine rings is 1. The lowest BCUT2D eigenvalue weighted by atomic mass is 9.74. The van der Waals surface area contributed by atoms with Gasteiger partial charge >= 0.3 is 0 Å². The van der Waals surface area contributed by atoms with E-state index < -0.39 is 0 Å². The first kappa shape index (κ1) is 15.0. The third-order valence-electron chi connectivity index (χ3n) is 6.96. The average Bonchev–Trinajstić information content (AvgIpc) is 3.27. The second-order valence-corrected chi connectivity index (χ2v) is 8.43. The summed E-state index contributed by atoms with van der Waals surface area (Å²) in [6.07, 6.45) is 14.9. The zero-order chi connectivity index (χ0) is 16.0. The van der Waals surface area contributed by atoms with E-state index in [2.05, 4.69) is 20.9 Å². The Labute approximate surface area is 145 Å². The number of ether oxygens (including phenoxy) is 1. The third kappa shape index (κ3) is 2.59. The van der Waals surface area contributed by atoms with Crippen molar-refractivity contribution in [3.63, 3.8) is 0 Å². The third-order valence-corrected chi connectivity index (χ3v) is 6.96. The molecular formula is C20H29N3O. The van der Waals surface area contributed by atoms with Gasteiger partial charge in [0.1, 0.15) is 5.75 Å². The number of hydrogen-bond donors (Lipinski definition) is 0. The normalized spacial score (nSPS) is 35.9. The van der Waals surface area contributed by atoms with Crippen molar-refractivity contribution in [1.82, 2.24) is 9.88 Å². The van der Waals surface area contributed by atoms with Gasteiger partial charge < -0.3 is 9.64 Å². The van der Waals surface area contributed by atoms with Gasteiger partial charge in [-0.15, -0.1) is 0 Å². The Kier molecular flexibility index (Phi) is 3.69. The minimum Gasteiger partial charge on any atom is -0.489 e. The van der Waals surface area contributed by atoms with E-state index in [4.69, 9.17) is 4.74 Å². The first-order chi connectivity index (χ1) is 11.8. The van der Waals surface area contributed by atoms with Crippen molar-refractivity contribution in [3.05, 3.63) is 18.5 Å². The van der Waals surface area contributed by atoms with E-state index in [1.807, 2.05) is 12.4 Å². The molecular weight excluding hydrogens is 298 g/mol. The van der Waals surface area contributed by atoms with Crippen LogP contribution >= 0.6 is 0 Å². The molecule has 1 atom stereocenters. The molecule has 5 heterocycles. The van der Waals surface area contributed by atoms with Crippen molar-refractivity contribution in [2.24, 2.45) is 5.92 Å². The van der Waals surface area contributed by atoms with Crippen molar-refractivity contribution < 1.29 is 4.74 Å². The predicted octanol–water partition coefficient (Wildman–Crippen LogP) is 3.47. The Morgan fingerprint density at radius 1 is 1.04 bits per heavy atom. The molecule has 130 valence electrons. The molecule has 24 heavy (non-hydrogen) atoms. The molecule has 0 unspecified atom stereocenters. The summed E-state index contributed by atoms with van der Waals surface area (Å²) in [6.45, 7) is 4.99. The molecule has 5 fully saturated rings. The highest BCUT2D eigenvalue weighted by molar-refractivity contribution is 5.50. The second kappa shape index (κ2) is 5.91. The molecule has 1 aromatic rings. The summed E-state index contributed by atoms with van der Waals surface area (Å²) >= 11 is 0. The Balaban J connectivity index is 1.30. The van der Waals surface area contributed by atoms with Gasteiger partial charge in [-0.25, -0.2) is 0 Å². The van der Waals surface area contributed by atoms with E-state index in [1.54, 1.807) is 0 Å². The maximum Gasteiger partial charge on any atom is 0.140 e. The summed E-state index contributed by atoms with van der Waals surface area (Å²) in [5.41, 5.74) is 1.70. The SMILES string of the molecule is c1ncc(N2CC[C@]3(CC4CCN3CC4)C2)cc1OC1CCCC1. The molecule has 0 radical (unpaired) electrons. The Hall–Kier alpha value is -1.29. The molecule has 4 aliphatic heterocycles. The molecule has 1 aliphatic carbocycles. The molecule has 4 saturated heterocycles. The maximum absolute atomic E-state index is 6.16. The maximum atomic E-state index is 6.16. The number of anilines is 1. The number of nitrogens with zero attached hydrogens (tertiary/aromatic N) is 3. The van der Waals surface area contributed by atoms with Gasteiger partial charge in [-0.3, -0.25) is 9.88 Å². The predicted molar refractivity (Wildman–Crippen MR) is 95.6 cm³/mol. The molecule has 6 rings (SSSR count). The zero-order valence-corrected chi connectivity index (χ0v) is 14.6. The molecule has 5 aliphatic rings. The number of hydrogen-bond acceptors (Lipinski definition) is 4. The quantitative estimate of drug-likeness (QED) is 0.850. The van der Waals surface area contributed by atoms with E-state index in [1.165, 1.54) is 76.7 Å². The number of fused-ring (bicyclic) bond motifs is 2. The van der Waals surface area contributed by atoms with Gasteiger partial charge in [0, 0.05) is 24.7 Å². The smallest absolute Gasteiger partial charge is 0.140 e. The largest absolute Gasteiger partial charge is 0.489 e. The van der Waals surface area contributed by atoms with Crippen molar-refractivity contribution in [3.8, 4) is 5.75 Å². The van der Waals surface area contributed by atoms with Crippen LogP contribution in [0.5, 0.6) is 5.75 Å². The fraction of sp³-hybridized carbons (Fsp3) is 0.750. The van der Waals surface area contributed by atoms with Gasteiger partial charge in [-0.05, 0) is 70.4 Å². The van der Waals surface area contributed by atoms with Crippen LogP contribution in [0.2, 0.25) is 0 Å². The standard InChI is InChI=1S/C20H29N3O/c1-2-4-18(3-1)24-19-11-17(13-21-14-19)22-10-7-20(15-22)12-16-5-8-23(20)9-6-16/h11,13-14,16,18H,1-10,12,15H2/t20-/m0/s1. The van der Waals surface area contributed by atoms with Gasteiger partial charge in [0.15, 0.2) is 0 Å². The van der Waals surface area contributed by atoms with Crippen LogP contribution in [-0.4, -0.2) is 47.7 Å². The zero-order valence-electron chi connectivity index (χ0n) is 14.6. The molecule has 4 nitrogen and oxygen atoms in total. The highest BCUT2D eigenvalue weighted by Gasteiger charge is 2.49. The van der Waals surface area contributed by atoms with Crippen molar-refractivity contribution >= 4 is 5.69 Å². The molecule has 1 saturated carbocycles. The minimum absolute atomic E-state index is 0.409. The summed E-state index contributed by atoms with van der Waals surface area (Å²) in [5, 5.41) is 0. The van der Waals surface area contributed by atoms with Crippen LogP contribution in [0, 0.1) is 5.92 Å². The van der Waals surface area contributed by atoms with E-state index in [-0.39, 0.29) is 0 Å². The molecule has 0 N–H and O–H groups in total. The van der Waals surface area contributed by atoms with Crippen LogP contribution in [-0.2, 0) is 0 Å². The van der Waals surface area contributed by atoms with Crippen LogP contribution in [0.1, 0.15) is 51.4 Å². The van der Waals surface area contributed by atoms with E-state index in [9.17, 15) is 0 Å². The number of aromatic nitrogens is 1. The molecule has 0 aromatic carbocycles. The summed E-state index contributed by atoms with van der Waals surface area (Å²) in [6, 6.07) is 2.22. The fourth-order valence-electron chi connectivity index (χ4n) is 5.62. The van der Waals surface area contributed by atoms with Crippen LogP contribution < -0.4 is 9.64 Å². The summed E-state index contributed by atoms with van der Waals surface area (Å²) in [5.74, 6) is 1.94. The lowest BCUT2D eigenvalue weighted by molar-refractivity contribution is -0.0157. The van der Waals surface area contributed by atoms with Gasteiger partial charge in [-0.2, -0.15) is 0 Å². The van der Waals surface area contributed by atoms with Crippen LogP contribution in [0.4, 0.5) is 5.69 Å². The van der Waals surface area contributed by atoms with Gasteiger partial charge in [0.05, 0.1) is 24.2 Å². The lowest BCUT2D eigenvalue weighted by Gasteiger charge is -2.52. The topological polar surface area (TPSA) is 28.6 Å². The van der Waals surface area contributed by atoms with Crippen molar-refractivity contribution in [1.29, 1.82) is 0 Å². The van der Waals surface area contributed by atoms with Crippen molar-refractivity contribution in [2.75, 3.05) is 31.1 Å². The van der Waals surface area contributed by atoms with E-state index >= 15 is 0 Å². The summed E-state index contributed by atoms with van der Waals surface area (Å²) in [7, 11) is 0. The van der Waals surface area contributed by atoms with Gasteiger partial charge in [0.25, 0.3) is 0 Å². The van der Waals surface area contributed by atoms with E-state index in [0.29, 0.717) is 11.6 Å². The monoisotopic (exact) mass is 327 g/mol. The highest BCUT2D eigenvalue weighted by Crippen LogP contribution is 2.45. The van der Waals surface area contributed by atoms with Gasteiger partial charge in [0.2, 0.25) is 0 Å². The first-order valence-corrected chi connectivity index (χ1v) is 9.92. The Morgan fingerprint density at radius 3 is 2.62 bits per heavy atom. The Bertz CT molecular complexity index is 592. The summed E-state index contributed by atoms with van der Waals surface area (Å²) in [4.78, 5) is 9.81.